The summed E-state index contributed by atoms with van der Waals surface area (Å²) >= 11 is 13.4. The summed E-state index contributed by atoms with van der Waals surface area (Å²) in [6.45, 7) is 3.97. The molecule has 0 aliphatic heterocycles. The van der Waals surface area contributed by atoms with Gasteiger partial charge in [0.2, 0.25) is 0 Å². The molecule has 19 heavy (non-hydrogen) atoms. The first-order valence-corrected chi connectivity index (χ1v) is 7.37. The maximum atomic E-state index is 12.0. The second-order valence-corrected chi connectivity index (χ2v) is 6.50. The van der Waals surface area contributed by atoms with Crippen molar-refractivity contribution in [2.45, 2.75) is 29.8 Å². The zero-order valence-electron chi connectivity index (χ0n) is 10.9. The molecule has 0 radical (unpaired) electrons. The lowest BCUT2D eigenvalue weighted by molar-refractivity contribution is 0.533. The van der Waals surface area contributed by atoms with Crippen molar-refractivity contribution in [2.24, 2.45) is 7.05 Å². The molecule has 0 bridgehead atoms. The third kappa shape index (κ3) is 3.19. The Labute approximate surface area is 126 Å². The minimum absolute atomic E-state index is 0.0226. The van der Waals surface area contributed by atoms with Crippen LogP contribution in [-0.4, -0.2) is 9.13 Å². The topological polar surface area (TPSA) is 26.9 Å². The van der Waals surface area contributed by atoms with Crippen LogP contribution in [0.1, 0.15) is 19.9 Å². The molecule has 0 atom stereocenters. The van der Waals surface area contributed by atoms with Crippen molar-refractivity contribution < 1.29 is 0 Å². The van der Waals surface area contributed by atoms with E-state index in [1.165, 1.54) is 11.8 Å². The first kappa shape index (κ1) is 14.6. The fourth-order valence-corrected chi connectivity index (χ4v) is 3.67. The van der Waals surface area contributed by atoms with Crippen LogP contribution >= 0.6 is 35.0 Å². The first-order chi connectivity index (χ1) is 8.88. The summed E-state index contributed by atoms with van der Waals surface area (Å²) < 4.78 is 3.33. The van der Waals surface area contributed by atoms with E-state index >= 15 is 0 Å². The molecule has 0 amide bonds. The lowest BCUT2D eigenvalue weighted by atomic mass is 10.4. The molecule has 0 fully saturated rings. The van der Waals surface area contributed by atoms with E-state index in [1.807, 2.05) is 32.2 Å². The van der Waals surface area contributed by atoms with Gasteiger partial charge in [0.15, 0.2) is 0 Å². The van der Waals surface area contributed by atoms with Gasteiger partial charge in [0.1, 0.15) is 5.03 Å². The monoisotopic (exact) mass is 316 g/mol. The molecule has 1 aromatic carbocycles. The Bertz CT molecular complexity index is 641. The molecule has 3 nitrogen and oxygen atoms in total. The van der Waals surface area contributed by atoms with Crippen molar-refractivity contribution in [3.63, 3.8) is 0 Å². The molecule has 0 aliphatic carbocycles. The van der Waals surface area contributed by atoms with E-state index in [-0.39, 0.29) is 11.7 Å². The number of hydrogen-bond donors (Lipinski definition) is 0. The van der Waals surface area contributed by atoms with Crippen LogP contribution in [0.25, 0.3) is 0 Å². The van der Waals surface area contributed by atoms with Crippen molar-refractivity contribution in [2.75, 3.05) is 0 Å². The van der Waals surface area contributed by atoms with Gasteiger partial charge in [-0.1, -0.05) is 35.0 Å². The van der Waals surface area contributed by atoms with Gasteiger partial charge in [-0.15, -0.1) is 0 Å². The van der Waals surface area contributed by atoms with E-state index in [9.17, 15) is 4.79 Å². The van der Waals surface area contributed by atoms with Crippen LogP contribution in [0.15, 0.2) is 39.1 Å². The van der Waals surface area contributed by atoms with E-state index in [1.54, 1.807) is 22.2 Å². The molecule has 0 saturated heterocycles. The molecular formula is C13H14Cl2N2OS. The number of aromatic nitrogens is 2. The van der Waals surface area contributed by atoms with E-state index in [2.05, 4.69) is 0 Å². The minimum Gasteiger partial charge on any atom is -0.301 e. The average molecular weight is 317 g/mol. The van der Waals surface area contributed by atoms with Crippen molar-refractivity contribution in [3.05, 3.63) is 44.9 Å². The van der Waals surface area contributed by atoms with Crippen LogP contribution in [-0.2, 0) is 7.05 Å². The fourth-order valence-electron chi connectivity index (χ4n) is 1.81. The van der Waals surface area contributed by atoms with Gasteiger partial charge < -0.3 is 4.57 Å². The molecule has 6 heteroatoms. The highest BCUT2D eigenvalue weighted by molar-refractivity contribution is 7.99. The van der Waals surface area contributed by atoms with Crippen LogP contribution in [0, 0.1) is 0 Å². The van der Waals surface area contributed by atoms with Crippen LogP contribution in [0.3, 0.4) is 0 Å². The van der Waals surface area contributed by atoms with Crippen LogP contribution in [0.5, 0.6) is 0 Å². The number of benzene rings is 1. The zero-order valence-corrected chi connectivity index (χ0v) is 13.2. The Hall–Kier alpha value is -0.840. The van der Waals surface area contributed by atoms with Crippen LogP contribution < -0.4 is 5.69 Å². The van der Waals surface area contributed by atoms with Gasteiger partial charge in [-0.2, -0.15) is 0 Å². The number of nitrogens with zero attached hydrogens (tertiary/aromatic N) is 2. The van der Waals surface area contributed by atoms with Crippen LogP contribution in [0.4, 0.5) is 0 Å². The van der Waals surface area contributed by atoms with Crippen molar-refractivity contribution in [1.29, 1.82) is 0 Å². The van der Waals surface area contributed by atoms with Crippen LogP contribution in [0.2, 0.25) is 10.0 Å². The Morgan fingerprint density at radius 2 is 1.74 bits per heavy atom. The first-order valence-electron chi connectivity index (χ1n) is 5.80. The largest absolute Gasteiger partial charge is 0.329 e. The lowest BCUT2D eigenvalue weighted by Crippen LogP contribution is -2.23. The van der Waals surface area contributed by atoms with Gasteiger partial charge in [-0.05, 0) is 32.0 Å². The zero-order chi connectivity index (χ0) is 14.2. The predicted octanol–water partition coefficient (Wildman–Crippen LogP) is 4.23. The molecule has 0 N–H and O–H groups in total. The van der Waals surface area contributed by atoms with Gasteiger partial charge in [-0.25, -0.2) is 4.79 Å². The molecule has 102 valence electrons. The lowest BCUT2D eigenvalue weighted by Gasteiger charge is -2.10. The van der Waals surface area contributed by atoms with Gasteiger partial charge in [0, 0.05) is 34.2 Å². The maximum Gasteiger partial charge on any atom is 0.329 e. The summed E-state index contributed by atoms with van der Waals surface area (Å²) in [6.07, 6.45) is 1.82. The fraction of sp³-hybridized carbons (Fsp3) is 0.308. The molecule has 2 rings (SSSR count). The highest BCUT2D eigenvalue weighted by Gasteiger charge is 2.13. The highest BCUT2D eigenvalue weighted by Crippen LogP contribution is 2.32. The molecular weight excluding hydrogens is 303 g/mol. The minimum atomic E-state index is -0.0226. The molecule has 2 aromatic rings. The van der Waals surface area contributed by atoms with Gasteiger partial charge >= 0.3 is 5.69 Å². The third-order valence-corrected chi connectivity index (χ3v) is 4.04. The summed E-state index contributed by atoms with van der Waals surface area (Å²) in [5.41, 5.74) is -0.0226. The van der Waals surface area contributed by atoms with E-state index in [0.717, 1.165) is 9.92 Å². The summed E-state index contributed by atoms with van der Waals surface area (Å²) in [5, 5.41) is 2.05. The summed E-state index contributed by atoms with van der Waals surface area (Å²) in [4.78, 5) is 12.9. The highest BCUT2D eigenvalue weighted by atomic mass is 35.5. The predicted molar refractivity (Wildman–Crippen MR) is 80.6 cm³/mol. The Morgan fingerprint density at radius 1 is 1.16 bits per heavy atom. The molecule has 0 spiro atoms. The van der Waals surface area contributed by atoms with Gasteiger partial charge in [-0.3, -0.25) is 4.57 Å². The Kier molecular flexibility index (Phi) is 4.33. The number of rotatable bonds is 3. The summed E-state index contributed by atoms with van der Waals surface area (Å²) in [6, 6.07) is 5.46. The number of halogens is 2. The smallest absolute Gasteiger partial charge is 0.301 e. The van der Waals surface area contributed by atoms with E-state index < -0.39 is 0 Å². The van der Waals surface area contributed by atoms with Crippen molar-refractivity contribution >= 4 is 35.0 Å². The molecule has 1 aromatic heterocycles. The SMILES string of the molecule is CC(C)n1c(Sc2cc(Cl)cc(Cl)c2)cn(C)c1=O. The Balaban J connectivity index is 2.43. The number of hydrogen-bond acceptors (Lipinski definition) is 2. The normalized spacial score (nSPS) is 11.3. The quantitative estimate of drug-likeness (QED) is 0.847. The maximum absolute atomic E-state index is 12.0. The molecule has 1 heterocycles. The number of imidazole rings is 1. The summed E-state index contributed by atoms with van der Waals surface area (Å²) in [7, 11) is 1.75. The van der Waals surface area contributed by atoms with Gasteiger partial charge in [0.05, 0.1) is 0 Å². The van der Waals surface area contributed by atoms with Gasteiger partial charge in [0.25, 0.3) is 0 Å². The third-order valence-electron chi connectivity index (χ3n) is 2.62. The Morgan fingerprint density at radius 3 is 2.26 bits per heavy atom. The standard InChI is InChI=1S/C13H14Cl2N2OS/c1-8(2)17-12(7-16(3)13(17)18)19-11-5-9(14)4-10(15)6-11/h4-8H,1-3H3. The average Bonchev–Trinajstić information content (AvgIpc) is 2.52. The second kappa shape index (κ2) is 5.65. The van der Waals surface area contributed by atoms with Crippen molar-refractivity contribution in [1.82, 2.24) is 9.13 Å². The van der Waals surface area contributed by atoms with E-state index in [4.69, 9.17) is 23.2 Å². The number of aryl methyl sites for hydroxylation is 1. The molecule has 0 unspecified atom stereocenters. The molecule has 0 aliphatic rings. The van der Waals surface area contributed by atoms with E-state index in [0.29, 0.717) is 10.0 Å². The van der Waals surface area contributed by atoms with Crippen molar-refractivity contribution in [3.8, 4) is 0 Å². The summed E-state index contributed by atoms with van der Waals surface area (Å²) in [5.74, 6) is 0. The molecule has 0 saturated carbocycles. The second-order valence-electron chi connectivity index (χ2n) is 4.53.